The molecule has 1 aliphatic heterocycles. The third-order valence-corrected chi connectivity index (χ3v) is 8.32. The SMILES string of the molecule is CCOC(=O)c1cccc(NC(=O)C2CCN(S(=O)(=O)c3ccc4c(c3)CCCC4)CC2)c1. The smallest absolute Gasteiger partial charge is 0.338 e. The summed E-state index contributed by atoms with van der Waals surface area (Å²) in [6, 6.07) is 12.1. The molecule has 0 saturated carbocycles. The lowest BCUT2D eigenvalue weighted by Gasteiger charge is -2.31. The molecule has 1 amide bonds. The number of nitrogens with zero attached hydrogens (tertiary/aromatic N) is 1. The van der Waals surface area contributed by atoms with Gasteiger partial charge in [0, 0.05) is 24.7 Å². The van der Waals surface area contributed by atoms with Crippen molar-refractivity contribution < 1.29 is 22.7 Å². The standard InChI is InChI=1S/C25H30N2O5S/c1-2-32-25(29)21-8-5-9-22(16-21)26-24(28)19-12-14-27(15-13-19)33(30,31)23-11-10-18-6-3-4-7-20(18)17-23/h5,8-11,16-17,19H,2-4,6-7,12-15H2,1H3,(H,26,28). The molecule has 0 aromatic heterocycles. The van der Waals surface area contributed by atoms with Crippen molar-refractivity contribution in [1.29, 1.82) is 0 Å². The van der Waals surface area contributed by atoms with E-state index >= 15 is 0 Å². The van der Waals surface area contributed by atoms with Gasteiger partial charge in [-0.15, -0.1) is 0 Å². The summed E-state index contributed by atoms with van der Waals surface area (Å²) in [6.45, 7) is 2.63. The fourth-order valence-corrected chi connectivity index (χ4v) is 6.08. The van der Waals surface area contributed by atoms with Crippen molar-refractivity contribution >= 4 is 27.6 Å². The number of amides is 1. The first-order valence-corrected chi connectivity index (χ1v) is 13.0. The molecule has 8 heteroatoms. The normalized spacial score (nSPS) is 17.2. The topological polar surface area (TPSA) is 92.8 Å². The number of rotatable bonds is 6. The van der Waals surface area contributed by atoms with Crippen LogP contribution in [0.5, 0.6) is 0 Å². The second-order valence-electron chi connectivity index (χ2n) is 8.61. The summed E-state index contributed by atoms with van der Waals surface area (Å²) in [7, 11) is -3.57. The molecule has 1 saturated heterocycles. The molecule has 0 radical (unpaired) electrons. The first-order chi connectivity index (χ1) is 15.9. The Morgan fingerprint density at radius 2 is 1.76 bits per heavy atom. The molecular weight excluding hydrogens is 440 g/mol. The maximum Gasteiger partial charge on any atom is 0.338 e. The Bertz CT molecular complexity index is 1140. The van der Waals surface area contributed by atoms with E-state index in [0.29, 0.717) is 42.1 Å². The number of carbonyl (C=O) groups excluding carboxylic acids is 2. The third-order valence-electron chi connectivity index (χ3n) is 6.42. The Labute approximate surface area is 195 Å². The largest absolute Gasteiger partial charge is 0.462 e. The predicted molar refractivity (Wildman–Crippen MR) is 126 cm³/mol. The number of aryl methyl sites for hydroxylation is 2. The van der Waals surface area contributed by atoms with Crippen molar-refractivity contribution in [2.75, 3.05) is 25.0 Å². The van der Waals surface area contributed by atoms with Gasteiger partial charge in [0.15, 0.2) is 0 Å². The van der Waals surface area contributed by atoms with E-state index in [2.05, 4.69) is 5.32 Å². The molecule has 0 unspecified atom stereocenters. The summed E-state index contributed by atoms with van der Waals surface area (Å²) in [4.78, 5) is 25.0. The number of sulfonamides is 1. The number of carbonyl (C=O) groups is 2. The highest BCUT2D eigenvalue weighted by Gasteiger charge is 2.32. The van der Waals surface area contributed by atoms with Crippen LogP contribution in [-0.4, -0.2) is 44.3 Å². The number of fused-ring (bicyclic) bond motifs is 1. The second-order valence-corrected chi connectivity index (χ2v) is 10.5. The average molecular weight is 471 g/mol. The van der Waals surface area contributed by atoms with Crippen molar-refractivity contribution in [2.24, 2.45) is 5.92 Å². The number of hydrogen-bond acceptors (Lipinski definition) is 5. The molecule has 0 spiro atoms. The minimum absolute atomic E-state index is 0.165. The summed E-state index contributed by atoms with van der Waals surface area (Å²) >= 11 is 0. The molecule has 2 aromatic rings. The Hall–Kier alpha value is -2.71. The zero-order valence-electron chi connectivity index (χ0n) is 18.9. The molecule has 0 bridgehead atoms. The highest BCUT2D eigenvalue weighted by molar-refractivity contribution is 7.89. The van der Waals surface area contributed by atoms with Gasteiger partial charge in [-0.25, -0.2) is 13.2 Å². The van der Waals surface area contributed by atoms with E-state index in [1.165, 1.54) is 9.87 Å². The molecule has 1 fully saturated rings. The summed E-state index contributed by atoms with van der Waals surface area (Å²) in [6.07, 6.45) is 5.10. The molecule has 1 heterocycles. The fourth-order valence-electron chi connectivity index (χ4n) is 4.56. The predicted octanol–water partition coefficient (Wildman–Crippen LogP) is 3.78. The van der Waals surface area contributed by atoms with E-state index < -0.39 is 16.0 Å². The van der Waals surface area contributed by atoms with Crippen LogP contribution < -0.4 is 5.32 Å². The minimum atomic E-state index is -3.57. The molecule has 4 rings (SSSR count). The Morgan fingerprint density at radius 1 is 1.03 bits per heavy atom. The third kappa shape index (κ3) is 5.28. The zero-order chi connectivity index (χ0) is 23.4. The lowest BCUT2D eigenvalue weighted by molar-refractivity contribution is -0.120. The Kier molecular flexibility index (Phi) is 7.14. The van der Waals surface area contributed by atoms with Gasteiger partial charge in [0.2, 0.25) is 15.9 Å². The summed E-state index contributed by atoms with van der Waals surface area (Å²) in [5, 5.41) is 2.85. The molecule has 33 heavy (non-hydrogen) atoms. The van der Waals surface area contributed by atoms with Crippen LogP contribution in [0.15, 0.2) is 47.4 Å². The van der Waals surface area contributed by atoms with Crippen LogP contribution in [0.3, 0.4) is 0 Å². The molecule has 2 aromatic carbocycles. The van der Waals surface area contributed by atoms with Gasteiger partial charge in [-0.1, -0.05) is 12.1 Å². The van der Waals surface area contributed by atoms with E-state index in [9.17, 15) is 18.0 Å². The van der Waals surface area contributed by atoms with E-state index in [1.807, 2.05) is 12.1 Å². The van der Waals surface area contributed by atoms with Crippen LogP contribution in [0.1, 0.15) is 54.1 Å². The number of hydrogen-bond donors (Lipinski definition) is 1. The second kappa shape index (κ2) is 10.1. The molecule has 1 N–H and O–H groups in total. The van der Waals surface area contributed by atoms with Crippen LogP contribution >= 0.6 is 0 Å². The minimum Gasteiger partial charge on any atom is -0.462 e. The monoisotopic (exact) mass is 470 g/mol. The average Bonchev–Trinajstić information content (AvgIpc) is 2.84. The molecule has 1 aliphatic carbocycles. The zero-order valence-corrected chi connectivity index (χ0v) is 19.7. The van der Waals surface area contributed by atoms with E-state index in [1.54, 1.807) is 37.3 Å². The van der Waals surface area contributed by atoms with Crippen LogP contribution in [0, 0.1) is 5.92 Å². The summed E-state index contributed by atoms with van der Waals surface area (Å²) in [5.74, 6) is -0.887. The highest BCUT2D eigenvalue weighted by Crippen LogP contribution is 2.28. The van der Waals surface area contributed by atoms with Gasteiger partial charge in [0.05, 0.1) is 17.1 Å². The first-order valence-electron chi connectivity index (χ1n) is 11.6. The van der Waals surface area contributed by atoms with E-state index in [4.69, 9.17) is 4.74 Å². The van der Waals surface area contributed by atoms with E-state index in [0.717, 1.165) is 31.2 Å². The molecule has 176 valence electrons. The van der Waals surface area contributed by atoms with Crippen molar-refractivity contribution in [2.45, 2.75) is 50.3 Å². The van der Waals surface area contributed by atoms with Crippen molar-refractivity contribution in [3.63, 3.8) is 0 Å². The molecule has 2 aliphatic rings. The number of esters is 1. The summed E-state index contributed by atoms with van der Waals surface area (Å²) < 4.78 is 32.8. The molecule has 7 nitrogen and oxygen atoms in total. The maximum absolute atomic E-state index is 13.2. The van der Waals surface area contributed by atoms with Gasteiger partial charge < -0.3 is 10.1 Å². The fraction of sp³-hybridized carbons (Fsp3) is 0.440. The Balaban J connectivity index is 1.37. The van der Waals surface area contributed by atoms with Crippen molar-refractivity contribution in [3.05, 3.63) is 59.2 Å². The van der Waals surface area contributed by atoms with Crippen LogP contribution in [0.2, 0.25) is 0 Å². The quantitative estimate of drug-likeness (QED) is 0.649. The highest BCUT2D eigenvalue weighted by atomic mass is 32.2. The van der Waals surface area contributed by atoms with E-state index in [-0.39, 0.29) is 18.4 Å². The Morgan fingerprint density at radius 3 is 2.48 bits per heavy atom. The maximum atomic E-state index is 13.2. The van der Waals surface area contributed by atoms with Crippen molar-refractivity contribution in [3.8, 4) is 0 Å². The lowest BCUT2D eigenvalue weighted by atomic mass is 9.92. The van der Waals surface area contributed by atoms with Gasteiger partial charge in [-0.3, -0.25) is 4.79 Å². The number of ether oxygens (including phenoxy) is 1. The number of benzene rings is 2. The number of piperidine rings is 1. The first kappa shape index (κ1) is 23.4. The van der Waals surface area contributed by atoms with Crippen LogP contribution in [0.25, 0.3) is 0 Å². The molecular formula is C25H30N2O5S. The van der Waals surface area contributed by atoms with Crippen LogP contribution in [-0.2, 0) is 32.4 Å². The molecule has 0 atom stereocenters. The van der Waals surface area contributed by atoms with Crippen molar-refractivity contribution in [1.82, 2.24) is 4.31 Å². The summed E-state index contributed by atoms with van der Waals surface area (Å²) in [5.41, 5.74) is 3.29. The van der Waals surface area contributed by atoms with Gasteiger partial charge >= 0.3 is 5.97 Å². The van der Waals surface area contributed by atoms with Crippen LogP contribution in [0.4, 0.5) is 5.69 Å². The number of anilines is 1. The van der Waals surface area contributed by atoms with Gasteiger partial charge in [0.25, 0.3) is 0 Å². The van der Waals surface area contributed by atoms with Gasteiger partial charge in [-0.2, -0.15) is 4.31 Å². The van der Waals surface area contributed by atoms with Gasteiger partial charge in [0.1, 0.15) is 0 Å². The van der Waals surface area contributed by atoms with Gasteiger partial charge in [-0.05, 0) is 86.9 Å². The lowest BCUT2D eigenvalue weighted by Crippen LogP contribution is -2.41. The number of nitrogens with one attached hydrogen (secondary N) is 1.